The van der Waals surface area contributed by atoms with Gasteiger partial charge in [0.25, 0.3) is 0 Å². The number of ether oxygens (including phenoxy) is 2. The van der Waals surface area contributed by atoms with E-state index in [0.717, 1.165) is 12.1 Å². The number of anilines is 3. The molecule has 0 saturated carbocycles. The van der Waals surface area contributed by atoms with Gasteiger partial charge in [-0.1, -0.05) is 0 Å². The lowest BCUT2D eigenvalue weighted by molar-refractivity contribution is -0.137. The van der Waals surface area contributed by atoms with Crippen LogP contribution in [-0.4, -0.2) is 65.9 Å². The van der Waals surface area contributed by atoms with Crippen molar-refractivity contribution in [1.82, 2.24) is 19.4 Å². The molecule has 2 amide bonds. The summed E-state index contributed by atoms with van der Waals surface area (Å²) in [6.45, 7) is 1.85. The first-order chi connectivity index (χ1) is 19.6. The number of nitrogens with two attached hydrogens (primary N) is 1. The molecule has 2 heterocycles. The highest BCUT2D eigenvalue weighted by Crippen LogP contribution is 2.35. The predicted octanol–water partition coefficient (Wildman–Crippen LogP) is 3.98. The molecule has 216 valence electrons. The number of likely N-dealkylation sites (N-methyl/N-ethyl adjacent to an activating group) is 1. The minimum atomic E-state index is -4.61. The van der Waals surface area contributed by atoms with Crippen molar-refractivity contribution in [3.05, 3.63) is 76.8 Å². The van der Waals surface area contributed by atoms with Crippen LogP contribution in [0.15, 0.2) is 65.8 Å². The number of aromatic nitrogens is 3. The zero-order valence-corrected chi connectivity index (χ0v) is 22.2. The number of nitrogens with one attached hydrogen (secondary N) is 2. The zero-order chi connectivity index (χ0) is 29.6. The number of carbonyl (C=O) groups excluding carboxylic acids is 1. The second-order valence-electron chi connectivity index (χ2n) is 8.99. The van der Waals surface area contributed by atoms with Crippen LogP contribution in [0.25, 0.3) is 16.7 Å². The number of urea groups is 1. The molecule has 0 aliphatic carbocycles. The average molecular weight is 572 g/mol. The van der Waals surface area contributed by atoms with Crippen LogP contribution in [0.2, 0.25) is 0 Å². The summed E-state index contributed by atoms with van der Waals surface area (Å²) >= 11 is 0. The molecule has 2 aromatic carbocycles. The molecule has 0 atom stereocenters. The maximum absolute atomic E-state index is 13.4. The number of alkyl halides is 3. The van der Waals surface area contributed by atoms with Gasteiger partial charge in [-0.2, -0.15) is 13.2 Å². The van der Waals surface area contributed by atoms with E-state index in [0.29, 0.717) is 36.7 Å². The molecule has 4 aromatic rings. The minimum absolute atomic E-state index is 0.0559. The van der Waals surface area contributed by atoms with Gasteiger partial charge in [0.1, 0.15) is 29.9 Å². The van der Waals surface area contributed by atoms with Gasteiger partial charge < -0.3 is 35.3 Å². The van der Waals surface area contributed by atoms with Crippen LogP contribution in [-0.2, 0) is 10.9 Å². The van der Waals surface area contributed by atoms with Crippen molar-refractivity contribution in [3.63, 3.8) is 0 Å². The number of fused-ring (bicyclic) bond motifs is 1. The Balaban J connectivity index is 1.48. The first-order valence-electron chi connectivity index (χ1n) is 12.4. The third-order valence-electron chi connectivity index (χ3n) is 6.07. The van der Waals surface area contributed by atoms with Gasteiger partial charge in [0.15, 0.2) is 11.1 Å². The van der Waals surface area contributed by atoms with Gasteiger partial charge >= 0.3 is 12.2 Å². The van der Waals surface area contributed by atoms with Crippen LogP contribution in [0.4, 0.5) is 35.2 Å². The van der Waals surface area contributed by atoms with Crippen molar-refractivity contribution in [2.45, 2.75) is 6.18 Å². The van der Waals surface area contributed by atoms with E-state index in [2.05, 4.69) is 20.6 Å². The van der Waals surface area contributed by atoms with E-state index in [-0.39, 0.29) is 34.7 Å². The summed E-state index contributed by atoms with van der Waals surface area (Å²) in [5.74, 6) is 0.148. The highest BCUT2D eigenvalue weighted by atomic mass is 19.4. The van der Waals surface area contributed by atoms with Gasteiger partial charge in [0, 0.05) is 43.8 Å². The van der Waals surface area contributed by atoms with Gasteiger partial charge in [-0.25, -0.2) is 14.8 Å². The first kappa shape index (κ1) is 29.3. The van der Waals surface area contributed by atoms with Gasteiger partial charge in [-0.3, -0.25) is 4.79 Å². The third-order valence-corrected chi connectivity index (χ3v) is 6.07. The zero-order valence-electron chi connectivity index (χ0n) is 22.2. The average Bonchev–Trinajstić information content (AvgIpc) is 2.93. The lowest BCUT2D eigenvalue weighted by atomic mass is 10.2. The standard InChI is InChI=1S/C27H28F3N7O4/c1-36(11-13-40-2)12-14-41-22-8-3-17(27(28,29)30)15-20(22)35-26(39)34-18-4-6-19(7-5-18)37-10-9-21(38)23-24(31)32-16-33-25(23)37/h3-10,15-16H,11-14H2,1-2H3,(H2,31,32,33)(H2,34,35,39). The Morgan fingerprint density at radius 1 is 1.05 bits per heavy atom. The quantitative estimate of drug-likeness (QED) is 0.260. The number of amides is 2. The van der Waals surface area contributed by atoms with Crippen molar-refractivity contribution in [2.24, 2.45) is 0 Å². The first-order valence-corrected chi connectivity index (χ1v) is 12.4. The number of nitrogen functional groups attached to an aromatic ring is 1. The molecule has 0 aliphatic heterocycles. The molecule has 4 rings (SSSR count). The number of halogens is 3. The summed E-state index contributed by atoms with van der Waals surface area (Å²) < 4.78 is 52.4. The molecule has 2 aromatic heterocycles. The molecule has 14 heteroatoms. The van der Waals surface area contributed by atoms with Crippen molar-refractivity contribution < 1.29 is 27.4 Å². The molecule has 0 bridgehead atoms. The number of carbonyl (C=O) groups is 1. The normalized spacial score (nSPS) is 11.6. The Hall–Kier alpha value is -4.69. The summed E-state index contributed by atoms with van der Waals surface area (Å²) in [6, 6.07) is 9.96. The molecule has 41 heavy (non-hydrogen) atoms. The molecule has 11 nitrogen and oxygen atoms in total. The Morgan fingerprint density at radius 2 is 1.78 bits per heavy atom. The Labute approximate surface area is 232 Å². The maximum atomic E-state index is 13.4. The number of rotatable bonds is 10. The fourth-order valence-electron chi connectivity index (χ4n) is 3.90. The molecule has 4 N–H and O–H groups in total. The van der Waals surface area contributed by atoms with Crippen LogP contribution < -0.4 is 26.5 Å². The fraction of sp³-hybridized carbons (Fsp3) is 0.259. The van der Waals surface area contributed by atoms with E-state index >= 15 is 0 Å². The lowest BCUT2D eigenvalue weighted by Gasteiger charge is -2.19. The number of methoxy groups -OCH3 is 1. The Bertz CT molecular complexity index is 1580. The monoisotopic (exact) mass is 571 g/mol. The Kier molecular flexibility index (Phi) is 9.04. The van der Waals surface area contributed by atoms with Crippen LogP contribution in [0.5, 0.6) is 5.75 Å². The summed E-state index contributed by atoms with van der Waals surface area (Å²) in [6.07, 6.45) is -1.82. The highest BCUT2D eigenvalue weighted by Gasteiger charge is 2.31. The number of hydrogen-bond donors (Lipinski definition) is 3. The molecule has 0 fully saturated rings. The van der Waals surface area contributed by atoms with Gasteiger partial charge in [0.05, 0.1) is 17.9 Å². The largest absolute Gasteiger partial charge is 0.490 e. The molecular weight excluding hydrogens is 543 g/mol. The van der Waals surface area contributed by atoms with Crippen molar-refractivity contribution in [3.8, 4) is 11.4 Å². The number of benzene rings is 2. The summed E-state index contributed by atoms with van der Waals surface area (Å²) in [4.78, 5) is 34.9. The van der Waals surface area contributed by atoms with Crippen LogP contribution in [0.3, 0.4) is 0 Å². The van der Waals surface area contributed by atoms with Crippen LogP contribution in [0, 0.1) is 0 Å². The number of nitrogens with zero attached hydrogens (tertiary/aromatic N) is 4. The van der Waals surface area contributed by atoms with Crippen molar-refractivity contribution in [1.29, 1.82) is 0 Å². The van der Waals surface area contributed by atoms with Gasteiger partial charge in [-0.05, 0) is 49.5 Å². The number of hydrogen-bond acceptors (Lipinski definition) is 8. The third kappa shape index (κ3) is 7.29. The van der Waals surface area contributed by atoms with Crippen LogP contribution >= 0.6 is 0 Å². The second kappa shape index (κ2) is 12.7. The Morgan fingerprint density at radius 3 is 2.49 bits per heavy atom. The molecule has 0 saturated heterocycles. The van der Waals surface area contributed by atoms with Crippen molar-refractivity contribution in [2.75, 3.05) is 56.8 Å². The molecule has 0 spiro atoms. The van der Waals surface area contributed by atoms with E-state index < -0.39 is 17.8 Å². The molecule has 0 radical (unpaired) electrons. The van der Waals surface area contributed by atoms with Crippen LogP contribution in [0.1, 0.15) is 5.56 Å². The lowest BCUT2D eigenvalue weighted by Crippen LogP contribution is -2.28. The van der Waals surface area contributed by atoms with E-state index in [1.807, 2.05) is 11.9 Å². The van der Waals surface area contributed by atoms with Gasteiger partial charge in [0.2, 0.25) is 0 Å². The van der Waals surface area contributed by atoms with Gasteiger partial charge in [-0.15, -0.1) is 0 Å². The van der Waals surface area contributed by atoms with Crippen molar-refractivity contribution >= 4 is 34.3 Å². The molecule has 0 unspecified atom stereocenters. The SMILES string of the molecule is COCCN(C)CCOc1ccc(C(F)(F)F)cc1NC(=O)Nc1ccc(-n2ccc(=O)c3c(N)ncnc32)cc1. The fourth-order valence-corrected chi connectivity index (χ4v) is 3.90. The maximum Gasteiger partial charge on any atom is 0.416 e. The topological polar surface area (TPSA) is 137 Å². The number of pyridine rings is 1. The minimum Gasteiger partial charge on any atom is -0.490 e. The highest BCUT2D eigenvalue weighted by molar-refractivity contribution is 6.00. The van der Waals surface area contributed by atoms with E-state index in [1.165, 1.54) is 24.7 Å². The smallest absolute Gasteiger partial charge is 0.416 e. The van der Waals surface area contributed by atoms with E-state index in [1.54, 1.807) is 35.9 Å². The summed E-state index contributed by atoms with van der Waals surface area (Å²) in [5.41, 5.74) is 5.75. The predicted molar refractivity (Wildman–Crippen MR) is 149 cm³/mol. The van der Waals surface area contributed by atoms with E-state index in [4.69, 9.17) is 15.2 Å². The second-order valence-corrected chi connectivity index (χ2v) is 8.99. The van der Waals surface area contributed by atoms with E-state index in [9.17, 15) is 22.8 Å². The summed E-state index contributed by atoms with van der Waals surface area (Å²) in [5, 5.41) is 5.22. The molecule has 0 aliphatic rings. The molecular formula is C27H28F3N7O4. The summed E-state index contributed by atoms with van der Waals surface area (Å²) in [7, 11) is 3.44.